The zero-order valence-electron chi connectivity index (χ0n) is 10.2. The van der Waals surface area contributed by atoms with E-state index in [2.05, 4.69) is 42.3 Å². The first-order valence-electron chi connectivity index (χ1n) is 6.63. The third-order valence-electron chi connectivity index (χ3n) is 3.43. The highest BCUT2D eigenvalue weighted by Crippen LogP contribution is 2.45. The molecule has 90 valence electrons. The van der Waals surface area contributed by atoms with Crippen molar-refractivity contribution in [2.75, 3.05) is 11.5 Å². The summed E-state index contributed by atoms with van der Waals surface area (Å²) < 4.78 is 0.858. The summed E-state index contributed by atoms with van der Waals surface area (Å²) in [6.07, 6.45) is 7.90. The number of rotatable bonds is 2. The Balaban J connectivity index is 1.89. The standard InChI is InChI=1S/C14H22S2/c1-2-3-4-7-12-8-5-9-13(12)14-15-10-6-11-16-14/h12-14H,2-3,5-6,8-11H2,1H3/t12-,13-/m1/s1. The van der Waals surface area contributed by atoms with Crippen LogP contribution in [-0.2, 0) is 0 Å². The third-order valence-corrected chi connectivity index (χ3v) is 6.66. The highest BCUT2D eigenvalue weighted by atomic mass is 32.2. The molecule has 0 aromatic rings. The third kappa shape index (κ3) is 3.37. The van der Waals surface area contributed by atoms with E-state index in [0.29, 0.717) is 0 Å². The van der Waals surface area contributed by atoms with Gasteiger partial charge in [-0.15, -0.1) is 29.4 Å². The Hall–Kier alpha value is 0.260. The average Bonchev–Trinajstić information content (AvgIpc) is 2.79. The van der Waals surface area contributed by atoms with Crippen LogP contribution in [0.2, 0.25) is 0 Å². The van der Waals surface area contributed by atoms with Crippen LogP contribution in [0.15, 0.2) is 0 Å². The van der Waals surface area contributed by atoms with Crippen molar-refractivity contribution in [2.24, 2.45) is 11.8 Å². The minimum atomic E-state index is 0.717. The van der Waals surface area contributed by atoms with Gasteiger partial charge in [0, 0.05) is 12.3 Å². The normalized spacial score (nSPS) is 31.1. The van der Waals surface area contributed by atoms with E-state index in [-0.39, 0.29) is 0 Å². The molecule has 2 heteroatoms. The topological polar surface area (TPSA) is 0 Å². The minimum absolute atomic E-state index is 0.717. The van der Waals surface area contributed by atoms with E-state index in [0.717, 1.165) is 22.8 Å². The van der Waals surface area contributed by atoms with Crippen LogP contribution < -0.4 is 0 Å². The molecule has 0 amide bonds. The van der Waals surface area contributed by atoms with Gasteiger partial charge in [-0.05, 0) is 43.1 Å². The van der Waals surface area contributed by atoms with Gasteiger partial charge in [0.15, 0.2) is 0 Å². The van der Waals surface area contributed by atoms with Gasteiger partial charge in [-0.2, -0.15) is 0 Å². The van der Waals surface area contributed by atoms with Gasteiger partial charge in [-0.1, -0.05) is 19.3 Å². The summed E-state index contributed by atoms with van der Waals surface area (Å²) >= 11 is 4.40. The Kier molecular flexibility index (Phi) is 5.45. The number of unbranched alkanes of at least 4 members (excludes halogenated alkanes) is 1. The van der Waals surface area contributed by atoms with Crippen LogP contribution in [0.25, 0.3) is 0 Å². The molecule has 0 radical (unpaired) electrons. The molecule has 0 nitrogen and oxygen atoms in total. The van der Waals surface area contributed by atoms with Crippen molar-refractivity contribution in [1.29, 1.82) is 0 Å². The molecule has 1 saturated heterocycles. The fourth-order valence-corrected chi connectivity index (χ4v) is 5.95. The predicted molar refractivity (Wildman–Crippen MR) is 76.8 cm³/mol. The maximum absolute atomic E-state index is 3.55. The molecule has 1 aliphatic heterocycles. The van der Waals surface area contributed by atoms with Crippen LogP contribution in [-0.4, -0.2) is 16.1 Å². The minimum Gasteiger partial charge on any atom is -0.147 e. The Morgan fingerprint density at radius 1 is 1.12 bits per heavy atom. The smallest absolute Gasteiger partial charge is 0.0542 e. The fraction of sp³-hybridized carbons (Fsp3) is 0.857. The molecule has 16 heavy (non-hydrogen) atoms. The highest BCUT2D eigenvalue weighted by molar-refractivity contribution is 8.17. The van der Waals surface area contributed by atoms with Crippen LogP contribution in [0.3, 0.4) is 0 Å². The van der Waals surface area contributed by atoms with E-state index >= 15 is 0 Å². The molecule has 2 atom stereocenters. The second-order valence-electron chi connectivity index (χ2n) is 4.74. The van der Waals surface area contributed by atoms with E-state index in [4.69, 9.17) is 0 Å². The van der Waals surface area contributed by atoms with E-state index in [1.54, 1.807) is 0 Å². The Morgan fingerprint density at radius 3 is 2.69 bits per heavy atom. The zero-order valence-corrected chi connectivity index (χ0v) is 11.8. The lowest BCUT2D eigenvalue weighted by atomic mass is 9.98. The first kappa shape index (κ1) is 12.7. The number of thioether (sulfide) groups is 2. The molecule has 0 N–H and O–H groups in total. The van der Waals surface area contributed by atoms with Crippen molar-refractivity contribution in [3.63, 3.8) is 0 Å². The lowest BCUT2D eigenvalue weighted by Gasteiger charge is -2.28. The maximum Gasteiger partial charge on any atom is 0.0542 e. The highest BCUT2D eigenvalue weighted by Gasteiger charge is 2.34. The first-order chi connectivity index (χ1) is 7.92. The maximum atomic E-state index is 3.55. The van der Waals surface area contributed by atoms with E-state index in [9.17, 15) is 0 Å². The van der Waals surface area contributed by atoms with Crippen LogP contribution >= 0.6 is 23.5 Å². The molecule has 0 bridgehead atoms. The van der Waals surface area contributed by atoms with Gasteiger partial charge >= 0.3 is 0 Å². The van der Waals surface area contributed by atoms with Crippen molar-refractivity contribution in [3.8, 4) is 11.8 Å². The van der Waals surface area contributed by atoms with E-state index in [1.807, 2.05) is 0 Å². The summed E-state index contributed by atoms with van der Waals surface area (Å²) in [4.78, 5) is 0. The molecule has 0 unspecified atom stereocenters. The van der Waals surface area contributed by atoms with Crippen molar-refractivity contribution in [1.82, 2.24) is 0 Å². The van der Waals surface area contributed by atoms with Crippen molar-refractivity contribution in [3.05, 3.63) is 0 Å². The second kappa shape index (κ2) is 6.87. The van der Waals surface area contributed by atoms with Gasteiger partial charge in [0.2, 0.25) is 0 Å². The van der Waals surface area contributed by atoms with Crippen molar-refractivity contribution in [2.45, 2.75) is 50.0 Å². The molecule has 1 saturated carbocycles. The van der Waals surface area contributed by atoms with Gasteiger partial charge in [0.1, 0.15) is 0 Å². The number of hydrogen-bond donors (Lipinski definition) is 0. The molecule has 2 aliphatic rings. The van der Waals surface area contributed by atoms with Crippen molar-refractivity contribution >= 4 is 23.5 Å². The van der Waals surface area contributed by atoms with Crippen LogP contribution in [0.5, 0.6) is 0 Å². The molecule has 2 rings (SSSR count). The monoisotopic (exact) mass is 254 g/mol. The summed E-state index contributed by atoms with van der Waals surface area (Å²) in [5.74, 6) is 11.3. The Labute approximate surface area is 109 Å². The summed E-state index contributed by atoms with van der Waals surface area (Å²) in [6.45, 7) is 2.22. The summed E-state index contributed by atoms with van der Waals surface area (Å²) in [7, 11) is 0. The fourth-order valence-electron chi connectivity index (χ4n) is 2.58. The van der Waals surface area contributed by atoms with E-state index < -0.39 is 0 Å². The Bertz CT molecular complexity index is 258. The molecule has 2 fully saturated rings. The van der Waals surface area contributed by atoms with E-state index in [1.165, 1.54) is 43.6 Å². The van der Waals surface area contributed by atoms with Crippen molar-refractivity contribution < 1.29 is 0 Å². The SMILES string of the molecule is CCCC#C[C@@H]1CCC[C@H]1C1SCCCS1. The van der Waals surface area contributed by atoms with Crippen LogP contribution in [0.4, 0.5) is 0 Å². The Morgan fingerprint density at radius 2 is 1.94 bits per heavy atom. The van der Waals surface area contributed by atoms with Gasteiger partial charge < -0.3 is 0 Å². The summed E-state index contributed by atoms with van der Waals surface area (Å²) in [5.41, 5.74) is 0. The molecular formula is C14H22S2. The van der Waals surface area contributed by atoms with Gasteiger partial charge in [0.05, 0.1) is 4.58 Å². The van der Waals surface area contributed by atoms with Crippen LogP contribution in [0, 0.1) is 23.7 Å². The van der Waals surface area contributed by atoms with Gasteiger partial charge in [-0.25, -0.2) is 0 Å². The van der Waals surface area contributed by atoms with Gasteiger partial charge in [0.25, 0.3) is 0 Å². The summed E-state index contributed by atoms with van der Waals surface area (Å²) in [5, 5.41) is 0. The molecule has 0 spiro atoms. The molecule has 0 aromatic carbocycles. The average molecular weight is 254 g/mol. The lowest BCUT2D eigenvalue weighted by molar-refractivity contribution is 0.509. The molecule has 1 aliphatic carbocycles. The second-order valence-corrected chi connectivity index (χ2v) is 7.53. The molecule has 0 aromatic heterocycles. The predicted octanol–water partition coefficient (Wildman–Crippen LogP) is 4.40. The summed E-state index contributed by atoms with van der Waals surface area (Å²) in [6, 6.07) is 0. The largest absolute Gasteiger partial charge is 0.147 e. The first-order valence-corrected chi connectivity index (χ1v) is 8.73. The lowest BCUT2D eigenvalue weighted by Crippen LogP contribution is -2.21. The van der Waals surface area contributed by atoms with Gasteiger partial charge in [-0.3, -0.25) is 0 Å². The molecular weight excluding hydrogens is 232 g/mol. The molecule has 1 heterocycles. The van der Waals surface area contributed by atoms with Crippen LogP contribution in [0.1, 0.15) is 45.4 Å². The number of hydrogen-bond acceptors (Lipinski definition) is 2. The zero-order chi connectivity index (χ0) is 11.2. The quantitative estimate of drug-likeness (QED) is 0.670.